The lowest BCUT2D eigenvalue weighted by Gasteiger charge is -2.24. The van der Waals surface area contributed by atoms with Gasteiger partial charge in [-0.2, -0.15) is 0 Å². The molecule has 358 valence electrons. The molecule has 1 rings (SSSR count). The first kappa shape index (κ1) is 60.2. The monoisotopic (exact) mass is 881 g/mol. The van der Waals surface area contributed by atoms with Crippen LogP contribution in [0.25, 0.3) is 0 Å². The molecule has 3 atom stereocenters. The smallest absolute Gasteiger partial charge is 0.317 e. The van der Waals surface area contributed by atoms with E-state index in [-0.39, 0.29) is 81.8 Å². The van der Waals surface area contributed by atoms with Crippen molar-refractivity contribution in [1.29, 1.82) is 0 Å². The van der Waals surface area contributed by atoms with E-state index in [1.54, 1.807) is 27.7 Å². The van der Waals surface area contributed by atoms with Gasteiger partial charge in [0.2, 0.25) is 0 Å². The second-order valence-electron chi connectivity index (χ2n) is 17.8. The number of carbonyl (C=O) groups is 6. The summed E-state index contributed by atoms with van der Waals surface area (Å²) in [5.41, 5.74) is -1.01. The summed E-state index contributed by atoms with van der Waals surface area (Å²) in [5.74, 6) is -6.03. The molecule has 1 fully saturated rings. The van der Waals surface area contributed by atoms with Gasteiger partial charge in [0.1, 0.15) is 0 Å². The van der Waals surface area contributed by atoms with Crippen LogP contribution in [0.5, 0.6) is 0 Å². The predicted molar refractivity (Wildman–Crippen MR) is 242 cm³/mol. The minimum Gasteiger partial charge on any atom is -0.481 e. The fourth-order valence-electron chi connectivity index (χ4n) is 5.61. The Morgan fingerprint density at radius 1 is 0.613 bits per heavy atom. The Balaban J connectivity index is 0. The number of rotatable bonds is 33. The second kappa shape index (κ2) is 37.7. The second-order valence-corrected chi connectivity index (χ2v) is 17.8. The predicted octanol–water partition coefficient (Wildman–Crippen LogP) is 10.1. The van der Waals surface area contributed by atoms with Crippen LogP contribution in [0, 0.1) is 28.6 Å². The van der Waals surface area contributed by atoms with Gasteiger partial charge in [-0.05, 0) is 57.8 Å². The molecule has 1 aliphatic rings. The number of aliphatic carboxylic acids is 2. The lowest BCUT2D eigenvalue weighted by Crippen LogP contribution is -2.30. The number of hydrogen-bond acceptors (Lipinski definition) is 11. The summed E-state index contributed by atoms with van der Waals surface area (Å²) in [6, 6.07) is 0. The normalized spacial score (nSPS) is 15.1. The lowest BCUT2D eigenvalue weighted by molar-refractivity contribution is -0.158. The lowest BCUT2D eigenvalue weighted by atomic mass is 9.96. The molecule has 0 radical (unpaired) electrons. The molecular weight excluding hydrogens is 797 g/mol. The van der Waals surface area contributed by atoms with E-state index < -0.39 is 41.1 Å². The highest BCUT2D eigenvalue weighted by molar-refractivity contribution is 5.94. The number of aliphatic hydroxyl groups is 2. The van der Waals surface area contributed by atoms with Crippen LogP contribution in [-0.4, -0.2) is 82.7 Å². The van der Waals surface area contributed by atoms with E-state index in [4.69, 9.17) is 19.7 Å². The summed E-state index contributed by atoms with van der Waals surface area (Å²) in [5, 5.41) is 35.8. The molecule has 0 bridgehead atoms. The highest BCUT2D eigenvalue weighted by Gasteiger charge is 2.32. The largest absolute Gasteiger partial charge is 0.481 e. The molecule has 0 spiro atoms. The van der Waals surface area contributed by atoms with Gasteiger partial charge in [0, 0.05) is 10.8 Å². The first-order valence-corrected chi connectivity index (χ1v) is 23.1. The van der Waals surface area contributed by atoms with Crippen LogP contribution in [-0.2, 0) is 43.0 Å². The van der Waals surface area contributed by atoms with E-state index in [0.717, 1.165) is 57.8 Å². The Morgan fingerprint density at radius 3 is 1.31 bits per heavy atom. The number of ether oxygens (including phenoxy) is 3. The van der Waals surface area contributed by atoms with Crippen LogP contribution in [0.15, 0.2) is 36.5 Å². The van der Waals surface area contributed by atoms with Gasteiger partial charge in [-0.1, -0.05) is 143 Å². The number of aliphatic hydroxyl groups excluding tert-OH is 2. The molecule has 3 unspecified atom stereocenters. The number of carboxylic acid groups (broad SMARTS) is 2. The van der Waals surface area contributed by atoms with E-state index in [1.807, 2.05) is 30.4 Å². The number of carboxylic acids is 2. The third-order valence-corrected chi connectivity index (χ3v) is 10.0. The zero-order valence-electron chi connectivity index (χ0n) is 39.3. The van der Waals surface area contributed by atoms with Crippen LogP contribution in [0.4, 0.5) is 0 Å². The summed E-state index contributed by atoms with van der Waals surface area (Å²) in [4.78, 5) is 69.6. The molecule has 0 aliphatic carbocycles. The zero-order valence-corrected chi connectivity index (χ0v) is 39.3. The van der Waals surface area contributed by atoms with Crippen molar-refractivity contribution in [2.24, 2.45) is 28.6 Å². The first-order chi connectivity index (χ1) is 29.4. The molecule has 1 aliphatic heterocycles. The third kappa shape index (κ3) is 35.7. The fraction of sp³-hybridized carbons (Fsp3) is 0.755. The highest BCUT2D eigenvalue weighted by Crippen LogP contribution is 2.21. The zero-order chi connectivity index (χ0) is 47.2. The van der Waals surface area contributed by atoms with Crippen molar-refractivity contribution in [3.63, 3.8) is 0 Å². The summed E-state index contributed by atoms with van der Waals surface area (Å²) in [6.07, 6.45) is 29.6. The van der Waals surface area contributed by atoms with E-state index in [0.29, 0.717) is 6.42 Å². The van der Waals surface area contributed by atoms with E-state index in [2.05, 4.69) is 31.6 Å². The molecule has 62 heavy (non-hydrogen) atoms. The van der Waals surface area contributed by atoms with Crippen molar-refractivity contribution in [2.75, 3.05) is 26.4 Å². The van der Waals surface area contributed by atoms with Gasteiger partial charge < -0.3 is 34.6 Å². The first-order valence-electron chi connectivity index (χ1n) is 23.1. The minimum atomic E-state index is -1.05. The maximum Gasteiger partial charge on any atom is 0.317 e. The Morgan fingerprint density at radius 2 is 1.00 bits per heavy atom. The molecule has 0 amide bonds. The molecule has 13 nitrogen and oxygen atoms in total. The molecule has 0 aromatic rings. The standard InChI is InChI=1S/C31H52O8.C13H20O3.C5H12O2/c1-5-7-9-11-13-15-17-19-25(29(34)35)21-27(32)38-23-31(3,4)24-39-28(33)22-26(30(36)37)20-18-16-14-12-10-8-6-2;1-2-3-4-5-6-7-8-9-11-10-12(14)16-13(11)15;1-5(2,3-6)4-7/h15-18,25-26H,5-14,19-24H2,1-4H3,(H,34,35)(H,36,37);7-8,11H,2-6,9-10H2,1H3;6-7H,3-4H2,1-2H3/b17-15+,18-16+;8-7+;. The van der Waals surface area contributed by atoms with Crippen molar-refractivity contribution < 1.29 is 63.4 Å². The number of esters is 4. The Labute approximate surface area is 373 Å². The van der Waals surface area contributed by atoms with Crippen LogP contribution in [0.1, 0.15) is 183 Å². The molecule has 1 heterocycles. The molecule has 4 N–H and O–H groups in total. The summed E-state index contributed by atoms with van der Waals surface area (Å²) < 4.78 is 15.1. The summed E-state index contributed by atoms with van der Waals surface area (Å²) >= 11 is 0. The van der Waals surface area contributed by atoms with Crippen molar-refractivity contribution in [3.05, 3.63) is 36.5 Å². The van der Waals surface area contributed by atoms with Gasteiger partial charge in [0.25, 0.3) is 0 Å². The molecular formula is C49H84O13. The third-order valence-electron chi connectivity index (χ3n) is 10.0. The topological polar surface area (TPSA) is 211 Å². The Bertz CT molecular complexity index is 1260. The number of carbonyl (C=O) groups excluding carboxylic acids is 4. The Kier molecular flexibility index (Phi) is 36.6. The quantitative estimate of drug-likeness (QED) is 0.0159. The molecule has 0 saturated carbocycles. The molecule has 13 heteroatoms. The van der Waals surface area contributed by atoms with Crippen molar-refractivity contribution in [2.45, 2.75) is 183 Å². The van der Waals surface area contributed by atoms with Crippen LogP contribution in [0.2, 0.25) is 0 Å². The number of hydrogen-bond donors (Lipinski definition) is 4. The van der Waals surface area contributed by atoms with Gasteiger partial charge in [0.15, 0.2) is 0 Å². The van der Waals surface area contributed by atoms with Crippen LogP contribution < -0.4 is 0 Å². The highest BCUT2D eigenvalue weighted by atomic mass is 16.6. The van der Waals surface area contributed by atoms with Gasteiger partial charge in [-0.3, -0.25) is 28.8 Å². The van der Waals surface area contributed by atoms with Crippen LogP contribution >= 0.6 is 0 Å². The average molecular weight is 881 g/mol. The Hall–Kier alpha value is -3.84. The molecule has 0 aromatic heterocycles. The summed E-state index contributed by atoms with van der Waals surface area (Å²) in [6.45, 7) is 13.6. The van der Waals surface area contributed by atoms with Crippen molar-refractivity contribution in [3.8, 4) is 0 Å². The number of cyclic esters (lactones) is 2. The maximum atomic E-state index is 12.3. The fourth-order valence-corrected chi connectivity index (χ4v) is 5.61. The summed E-state index contributed by atoms with van der Waals surface area (Å²) in [7, 11) is 0. The minimum absolute atomic E-state index is 0.0451. The van der Waals surface area contributed by atoms with Gasteiger partial charge in [-0.25, -0.2) is 0 Å². The van der Waals surface area contributed by atoms with Crippen molar-refractivity contribution in [1.82, 2.24) is 0 Å². The molecule has 0 aromatic carbocycles. The van der Waals surface area contributed by atoms with Gasteiger partial charge in [0.05, 0.1) is 63.4 Å². The number of allylic oxidation sites excluding steroid dienone is 6. The van der Waals surface area contributed by atoms with Crippen molar-refractivity contribution >= 4 is 35.8 Å². The molecule has 1 saturated heterocycles. The van der Waals surface area contributed by atoms with Gasteiger partial charge >= 0.3 is 35.8 Å². The maximum absolute atomic E-state index is 12.3. The van der Waals surface area contributed by atoms with E-state index >= 15 is 0 Å². The van der Waals surface area contributed by atoms with Crippen LogP contribution in [0.3, 0.4) is 0 Å². The number of unbranched alkanes of at least 4 members (excludes halogenated alkanes) is 12. The SMILES string of the molecule is CC(C)(CO)CO.CCCCCC/C=C/CC(CC(=O)OCC(C)(C)COC(=O)CC(C/C=C/CCCCCC)C(=O)O)C(=O)O.CCCCCC/C=C/CC1CC(=O)OC1=O. The van der Waals surface area contributed by atoms with Gasteiger partial charge in [-0.15, -0.1) is 0 Å². The van der Waals surface area contributed by atoms with E-state index in [9.17, 15) is 39.0 Å². The average Bonchev–Trinajstić information content (AvgIpc) is 3.56. The van der Waals surface area contributed by atoms with E-state index in [1.165, 1.54) is 38.5 Å².